The number of aromatic nitrogens is 1. The molecule has 4 aromatic carbocycles. The summed E-state index contributed by atoms with van der Waals surface area (Å²) in [7, 11) is 0. The lowest BCUT2D eigenvalue weighted by Gasteiger charge is -2.16. The van der Waals surface area contributed by atoms with Gasteiger partial charge in [-0.1, -0.05) is 91.0 Å². The van der Waals surface area contributed by atoms with E-state index < -0.39 is 0 Å². The van der Waals surface area contributed by atoms with Crippen molar-refractivity contribution >= 4 is 28.6 Å². The highest BCUT2D eigenvalue weighted by molar-refractivity contribution is 7.07. The fourth-order valence-electron chi connectivity index (χ4n) is 4.73. The molecule has 0 N–H and O–H groups in total. The predicted octanol–water partition coefficient (Wildman–Crippen LogP) is 6.73. The Morgan fingerprint density at radius 3 is 2.21 bits per heavy atom. The maximum atomic E-state index is 13.9. The molecule has 1 aromatic heterocycles. The second-order valence-corrected chi connectivity index (χ2v) is 10.5. The van der Waals surface area contributed by atoms with Crippen molar-refractivity contribution in [2.45, 2.75) is 26.9 Å². The number of anilines is 1. The molecule has 1 amide bonds. The number of amides is 1. The molecule has 0 radical (unpaired) electrons. The normalized spacial score (nSPS) is 14.3. The average molecular weight is 529 g/mol. The van der Waals surface area contributed by atoms with Crippen LogP contribution in [-0.2, 0) is 17.9 Å². The smallest absolute Gasteiger partial charge is 0.279 e. The van der Waals surface area contributed by atoms with Gasteiger partial charge in [-0.05, 0) is 48.2 Å². The summed E-state index contributed by atoms with van der Waals surface area (Å²) in [5, 5.41) is 7.11. The molecule has 192 valence electrons. The molecule has 0 unspecified atom stereocenters. The van der Waals surface area contributed by atoms with Crippen molar-refractivity contribution in [3.05, 3.63) is 141 Å². The number of fused-ring (bicyclic) bond motifs is 1. The Balaban J connectivity index is 1.48. The Hall–Kier alpha value is -4.55. The topological polar surface area (TPSA) is 50.0 Å². The molecule has 0 aliphatic carbocycles. The first-order valence-corrected chi connectivity index (χ1v) is 13.8. The number of thiazole rings is 1. The van der Waals surface area contributed by atoms with Gasteiger partial charge in [-0.15, -0.1) is 11.3 Å². The standard InChI is InChI=1S/C33H28N4OS/c1-23-17-18-27(19-24(23)2)30-22-39-33(34-20-25-11-5-3-6-12-25)37(30)35-31-28-15-9-10-16-29(28)36(32(31)38)21-26-13-7-4-8-14-26/h3-19,22H,20-21H2,1-2H3. The molecule has 0 atom stereocenters. The van der Waals surface area contributed by atoms with Crippen molar-refractivity contribution in [3.63, 3.8) is 0 Å². The number of aryl methyl sites for hydroxylation is 2. The summed E-state index contributed by atoms with van der Waals surface area (Å²) in [5.74, 6) is -0.112. The number of nitrogens with zero attached hydrogens (tertiary/aromatic N) is 4. The third-order valence-electron chi connectivity index (χ3n) is 7.01. The van der Waals surface area contributed by atoms with Crippen LogP contribution in [0.3, 0.4) is 0 Å². The molecular weight excluding hydrogens is 500 g/mol. The summed E-state index contributed by atoms with van der Waals surface area (Å²) < 4.78 is 1.84. The summed E-state index contributed by atoms with van der Waals surface area (Å²) >= 11 is 1.53. The number of rotatable bonds is 6. The molecule has 1 aliphatic rings. The minimum atomic E-state index is -0.112. The quantitative estimate of drug-likeness (QED) is 0.241. The van der Waals surface area contributed by atoms with E-state index in [-0.39, 0.29) is 5.91 Å². The minimum absolute atomic E-state index is 0.112. The van der Waals surface area contributed by atoms with Crippen LogP contribution in [0.4, 0.5) is 5.69 Å². The lowest BCUT2D eigenvalue weighted by Crippen LogP contribution is -2.30. The van der Waals surface area contributed by atoms with Gasteiger partial charge in [-0.2, -0.15) is 5.10 Å². The SMILES string of the molecule is Cc1ccc(-c2csc(=NCc3ccccc3)n2N=C2C(=O)N(Cc3ccccc3)c3ccccc32)cc1C. The van der Waals surface area contributed by atoms with Gasteiger partial charge < -0.3 is 4.90 Å². The van der Waals surface area contributed by atoms with Crippen molar-refractivity contribution in [1.82, 2.24) is 4.68 Å². The van der Waals surface area contributed by atoms with Crippen molar-refractivity contribution in [2.75, 3.05) is 4.90 Å². The first-order valence-electron chi connectivity index (χ1n) is 13.0. The summed E-state index contributed by atoms with van der Waals surface area (Å²) in [5.41, 5.74) is 8.71. The van der Waals surface area contributed by atoms with Gasteiger partial charge in [-0.25, -0.2) is 4.68 Å². The van der Waals surface area contributed by atoms with Crippen LogP contribution in [0.15, 0.2) is 119 Å². The molecular formula is C33H28N4OS. The van der Waals surface area contributed by atoms with Crippen LogP contribution in [0.25, 0.3) is 11.3 Å². The van der Waals surface area contributed by atoms with Crippen LogP contribution >= 0.6 is 11.3 Å². The number of hydrogen-bond acceptors (Lipinski definition) is 4. The molecule has 2 heterocycles. The van der Waals surface area contributed by atoms with Crippen LogP contribution in [0.2, 0.25) is 0 Å². The summed E-state index contributed by atoms with van der Waals surface area (Å²) in [6, 6.07) is 34.5. The third kappa shape index (κ3) is 4.99. The van der Waals surface area contributed by atoms with E-state index in [9.17, 15) is 4.79 Å². The zero-order valence-corrected chi connectivity index (χ0v) is 22.7. The molecule has 0 saturated carbocycles. The van der Waals surface area contributed by atoms with Gasteiger partial charge in [0.1, 0.15) is 0 Å². The molecule has 5 aromatic rings. The van der Waals surface area contributed by atoms with Crippen LogP contribution in [-0.4, -0.2) is 16.3 Å². The van der Waals surface area contributed by atoms with Crippen LogP contribution in [0.1, 0.15) is 27.8 Å². The van der Waals surface area contributed by atoms with Crippen LogP contribution < -0.4 is 9.70 Å². The monoisotopic (exact) mass is 528 g/mol. The van der Waals surface area contributed by atoms with Gasteiger partial charge in [0, 0.05) is 16.5 Å². The van der Waals surface area contributed by atoms with Crippen LogP contribution in [0, 0.1) is 13.8 Å². The Morgan fingerprint density at radius 2 is 1.46 bits per heavy atom. The third-order valence-corrected chi connectivity index (χ3v) is 7.86. The summed E-state index contributed by atoms with van der Waals surface area (Å²) in [6.45, 7) is 5.24. The molecule has 0 spiro atoms. The van der Waals surface area contributed by atoms with E-state index in [1.807, 2.05) is 82.4 Å². The van der Waals surface area contributed by atoms with Crippen molar-refractivity contribution < 1.29 is 4.79 Å². The average Bonchev–Trinajstić information content (AvgIpc) is 3.49. The fraction of sp³-hybridized carbons (Fsp3) is 0.121. The molecule has 6 rings (SSSR count). The van der Waals surface area contributed by atoms with Gasteiger partial charge in [0.25, 0.3) is 5.91 Å². The second-order valence-electron chi connectivity index (χ2n) is 9.66. The van der Waals surface area contributed by atoms with Gasteiger partial charge in [0.15, 0.2) is 5.71 Å². The predicted molar refractivity (Wildman–Crippen MR) is 159 cm³/mol. The largest absolute Gasteiger partial charge is 0.302 e. The van der Waals surface area contributed by atoms with Crippen LogP contribution in [0.5, 0.6) is 0 Å². The van der Waals surface area contributed by atoms with Gasteiger partial charge in [-0.3, -0.25) is 9.79 Å². The lowest BCUT2D eigenvalue weighted by atomic mass is 10.1. The first kappa shape index (κ1) is 24.8. The molecule has 6 heteroatoms. The van der Waals surface area contributed by atoms with E-state index >= 15 is 0 Å². The highest BCUT2D eigenvalue weighted by Gasteiger charge is 2.34. The van der Waals surface area contributed by atoms with Crippen molar-refractivity contribution in [2.24, 2.45) is 10.1 Å². The Labute approximate surface area is 232 Å². The molecule has 5 nitrogen and oxygen atoms in total. The number of hydrogen-bond donors (Lipinski definition) is 0. The summed E-state index contributed by atoms with van der Waals surface area (Å²) in [4.78, 5) is 21.4. The first-order chi connectivity index (χ1) is 19.1. The van der Waals surface area contributed by atoms with E-state index in [2.05, 4.69) is 49.6 Å². The number of benzene rings is 4. The van der Waals surface area contributed by atoms with E-state index in [1.54, 1.807) is 0 Å². The minimum Gasteiger partial charge on any atom is -0.302 e. The van der Waals surface area contributed by atoms with Gasteiger partial charge in [0.2, 0.25) is 4.80 Å². The lowest BCUT2D eigenvalue weighted by molar-refractivity contribution is -0.112. The zero-order valence-electron chi connectivity index (χ0n) is 21.9. The van der Waals surface area contributed by atoms with Crippen molar-refractivity contribution in [3.8, 4) is 11.3 Å². The summed E-state index contributed by atoms with van der Waals surface area (Å²) in [6.07, 6.45) is 0. The fourth-order valence-corrected chi connectivity index (χ4v) is 5.56. The second kappa shape index (κ2) is 10.7. The molecule has 0 saturated heterocycles. The zero-order chi connectivity index (χ0) is 26.8. The molecule has 1 aliphatic heterocycles. The number of carbonyl (C=O) groups is 1. The van der Waals surface area contributed by atoms with Crippen molar-refractivity contribution in [1.29, 1.82) is 0 Å². The van der Waals surface area contributed by atoms with E-state index in [0.717, 1.165) is 38.4 Å². The van der Waals surface area contributed by atoms with E-state index in [1.165, 1.54) is 22.5 Å². The highest BCUT2D eigenvalue weighted by Crippen LogP contribution is 2.31. The maximum absolute atomic E-state index is 13.9. The van der Waals surface area contributed by atoms with E-state index in [0.29, 0.717) is 18.8 Å². The Bertz CT molecular complexity index is 1750. The molecule has 0 fully saturated rings. The molecule has 39 heavy (non-hydrogen) atoms. The Kier molecular flexibility index (Phi) is 6.78. The van der Waals surface area contributed by atoms with E-state index in [4.69, 9.17) is 10.1 Å². The number of carbonyl (C=O) groups excluding carboxylic acids is 1. The Morgan fingerprint density at radius 1 is 0.769 bits per heavy atom. The van der Waals surface area contributed by atoms with Gasteiger partial charge in [0.05, 0.1) is 24.5 Å². The molecule has 0 bridgehead atoms. The maximum Gasteiger partial charge on any atom is 0.279 e. The van der Waals surface area contributed by atoms with Gasteiger partial charge >= 0.3 is 0 Å². The highest BCUT2D eigenvalue weighted by atomic mass is 32.1. The number of para-hydroxylation sites is 1.